The van der Waals surface area contributed by atoms with Crippen LogP contribution >= 0.6 is 23.2 Å². The summed E-state index contributed by atoms with van der Waals surface area (Å²) < 4.78 is 13.1. The number of methoxy groups -OCH3 is 1. The Bertz CT molecular complexity index is 2830. The Labute approximate surface area is 459 Å². The van der Waals surface area contributed by atoms with Crippen molar-refractivity contribution in [1.82, 2.24) is 50.1 Å². The van der Waals surface area contributed by atoms with E-state index in [2.05, 4.69) is 25.8 Å². The standard InChI is InChI=1S/C47H57ClN10O10.C6H5Cl.C2H6/c1-28(2)57-38-25-56(32(26-60)21-30(48)24-54(4)5)47(66)40(38)53-41(57)36-20-29(23-51-44(36)67-6)42(62)52-31-13-17-55(18-14-31)16-8-7-15-50-39(61)27-68-33-11-12-34-35(22-33)46(65)58(45(34)64)37(10-9-19-59)43(63)49-3;7-6-4-2-1-3-5-6;1-2/h11-12,19-24,26,28,31,37H,7-10,13-18,25,27H2,1-6H3,(H,49,63)(H,50,61)(H,52,62);1-5H;1-2H3/b30-24+,32-21+;;. The number of allylic oxidation sites excluding steroid dienone is 3. The Morgan fingerprint density at radius 1 is 0.935 bits per heavy atom. The summed E-state index contributed by atoms with van der Waals surface area (Å²) in [6.07, 6.45) is 8.72. The van der Waals surface area contributed by atoms with E-state index in [1.807, 2.05) is 62.6 Å². The molecule has 1 atom stereocenters. The minimum Gasteiger partial charge on any atom is -0.484 e. The Morgan fingerprint density at radius 2 is 1.64 bits per heavy atom. The number of benzene rings is 2. The number of rotatable bonds is 22. The minimum atomic E-state index is -1.14. The molecule has 6 amide bonds. The second-order valence-electron chi connectivity index (χ2n) is 18.3. The van der Waals surface area contributed by atoms with Gasteiger partial charge in [0.15, 0.2) is 18.6 Å². The van der Waals surface area contributed by atoms with Gasteiger partial charge >= 0.3 is 0 Å². The van der Waals surface area contributed by atoms with Gasteiger partial charge in [0, 0.05) is 76.7 Å². The lowest BCUT2D eigenvalue weighted by Gasteiger charge is -2.32. The van der Waals surface area contributed by atoms with Gasteiger partial charge in [-0.1, -0.05) is 55.2 Å². The molecule has 0 radical (unpaired) electrons. The van der Waals surface area contributed by atoms with Crippen LogP contribution in [0.5, 0.6) is 11.6 Å². The maximum absolute atomic E-state index is 13.7. The first kappa shape index (κ1) is 60.4. The highest BCUT2D eigenvalue weighted by Crippen LogP contribution is 2.37. The van der Waals surface area contributed by atoms with Gasteiger partial charge in [-0.3, -0.25) is 43.4 Å². The molecule has 3 aliphatic rings. The monoisotopic (exact) mass is 1100 g/mol. The van der Waals surface area contributed by atoms with Gasteiger partial charge in [0.1, 0.15) is 23.9 Å². The molecule has 22 heteroatoms. The second kappa shape index (κ2) is 29.2. The third kappa shape index (κ3) is 15.6. The number of carbonyl (C=O) groups is 8. The van der Waals surface area contributed by atoms with Crippen LogP contribution in [0.4, 0.5) is 0 Å². The molecule has 0 spiro atoms. The largest absolute Gasteiger partial charge is 0.484 e. The van der Waals surface area contributed by atoms with E-state index in [1.165, 1.54) is 49.5 Å². The average Bonchev–Trinajstić information content (AvgIpc) is 4.07. The molecule has 20 nitrogen and oxygen atoms in total. The highest BCUT2D eigenvalue weighted by molar-refractivity contribution is 6.31. The SMILES string of the molecule is CC.CNC(=O)C(CCC=O)N1C(=O)c2ccc(OCC(=O)NCCCCN3CCC(NC(=O)c4cnc(OC)c(-c5nc6c(n5C(C)C)CN(/C(C=O)=C/C(Cl)=C\N(C)C)C6=O)c4)CC3)cc2C1=O.Clc1ccccc1. The van der Waals surface area contributed by atoms with E-state index < -0.39 is 29.7 Å². The summed E-state index contributed by atoms with van der Waals surface area (Å²) in [7, 11) is 6.43. The zero-order valence-electron chi connectivity index (χ0n) is 44.8. The second-order valence-corrected chi connectivity index (χ2v) is 19.2. The molecule has 412 valence electrons. The highest BCUT2D eigenvalue weighted by Gasteiger charge is 2.43. The molecule has 2 aromatic carbocycles. The Kier molecular flexibility index (Phi) is 22.9. The van der Waals surface area contributed by atoms with Gasteiger partial charge in [0.05, 0.1) is 52.3 Å². The van der Waals surface area contributed by atoms with Crippen LogP contribution in [0.2, 0.25) is 5.02 Å². The molecule has 2 aromatic heterocycles. The fourth-order valence-corrected chi connectivity index (χ4v) is 9.30. The van der Waals surface area contributed by atoms with Crippen LogP contribution in [0.3, 0.4) is 0 Å². The number of ether oxygens (including phenoxy) is 2. The van der Waals surface area contributed by atoms with Crippen LogP contribution in [-0.4, -0.2) is 155 Å². The molecule has 3 aliphatic heterocycles. The third-order valence-corrected chi connectivity index (χ3v) is 12.9. The van der Waals surface area contributed by atoms with Gasteiger partial charge in [0.2, 0.25) is 11.8 Å². The summed E-state index contributed by atoms with van der Waals surface area (Å²) >= 11 is 11.9. The lowest BCUT2D eigenvalue weighted by molar-refractivity contribution is -0.125. The van der Waals surface area contributed by atoms with Gasteiger partial charge in [0.25, 0.3) is 29.5 Å². The number of fused-ring (bicyclic) bond motifs is 2. The summed E-state index contributed by atoms with van der Waals surface area (Å²) in [6, 6.07) is 14.0. The minimum absolute atomic E-state index is 0.00748. The number of imidazole rings is 1. The predicted octanol–water partition coefficient (Wildman–Crippen LogP) is 6.44. The number of unbranched alkanes of at least 4 members (excludes halogenated alkanes) is 1. The number of pyridine rings is 1. The number of amides is 6. The van der Waals surface area contributed by atoms with E-state index in [1.54, 1.807) is 31.3 Å². The first-order chi connectivity index (χ1) is 37.0. The van der Waals surface area contributed by atoms with Gasteiger partial charge in [-0.25, -0.2) is 9.97 Å². The van der Waals surface area contributed by atoms with Crippen molar-refractivity contribution in [1.29, 1.82) is 0 Å². The summed E-state index contributed by atoms with van der Waals surface area (Å²) in [5.74, 6) is -2.15. The molecule has 77 heavy (non-hydrogen) atoms. The van der Waals surface area contributed by atoms with Crippen LogP contribution in [0.1, 0.15) is 120 Å². The fraction of sp³-hybridized carbons (Fsp3) is 0.418. The molecule has 1 saturated heterocycles. The van der Waals surface area contributed by atoms with Crippen molar-refractivity contribution in [3.8, 4) is 23.0 Å². The van der Waals surface area contributed by atoms with Gasteiger partial charge < -0.3 is 44.6 Å². The van der Waals surface area contributed by atoms with Crippen molar-refractivity contribution in [3.05, 3.63) is 117 Å². The Hall–Kier alpha value is -7.42. The number of likely N-dealkylation sites (tertiary alicyclic amines) is 1. The number of likely N-dealkylation sites (N-methyl/N-ethyl adjacent to an activating group) is 1. The van der Waals surface area contributed by atoms with Crippen LogP contribution in [0.25, 0.3) is 11.4 Å². The number of imide groups is 1. The molecule has 1 unspecified atom stereocenters. The lowest BCUT2D eigenvalue weighted by atomic mass is 10.0. The maximum atomic E-state index is 13.7. The van der Waals surface area contributed by atoms with Crippen molar-refractivity contribution in [3.63, 3.8) is 0 Å². The van der Waals surface area contributed by atoms with E-state index in [4.69, 9.17) is 37.7 Å². The molecule has 0 saturated carbocycles. The van der Waals surface area contributed by atoms with Crippen LogP contribution in [0, 0.1) is 0 Å². The number of halogens is 2. The molecule has 0 aliphatic carbocycles. The van der Waals surface area contributed by atoms with Crippen molar-refractivity contribution < 1.29 is 47.8 Å². The van der Waals surface area contributed by atoms with E-state index in [9.17, 15) is 38.4 Å². The van der Waals surface area contributed by atoms with E-state index in [-0.39, 0.29) is 89.1 Å². The maximum Gasteiger partial charge on any atom is 0.279 e. The zero-order valence-corrected chi connectivity index (χ0v) is 46.3. The van der Waals surface area contributed by atoms with Gasteiger partial charge in [-0.2, -0.15) is 0 Å². The molecule has 3 N–H and O–H groups in total. The average molecular weight is 1100 g/mol. The first-order valence-corrected chi connectivity index (χ1v) is 26.2. The number of nitrogens with one attached hydrogen (secondary N) is 3. The molecule has 1 fully saturated rings. The number of nitrogens with zero attached hydrogens (tertiary/aromatic N) is 7. The van der Waals surface area contributed by atoms with Crippen LogP contribution < -0.4 is 25.4 Å². The normalized spacial score (nSPS) is 14.9. The number of aromatic nitrogens is 3. The van der Waals surface area contributed by atoms with Crippen molar-refractivity contribution in [2.24, 2.45) is 0 Å². The third-order valence-electron chi connectivity index (χ3n) is 12.5. The topological polar surface area (TPSA) is 235 Å². The van der Waals surface area contributed by atoms with Crippen molar-refractivity contribution in [2.45, 2.75) is 90.9 Å². The summed E-state index contributed by atoms with van der Waals surface area (Å²) in [5, 5.41) is 9.48. The quantitative estimate of drug-likeness (QED) is 0.0253. The fourth-order valence-electron chi connectivity index (χ4n) is 8.85. The van der Waals surface area contributed by atoms with E-state index in [0.717, 1.165) is 55.2 Å². The number of piperidine rings is 1. The number of carbonyl (C=O) groups excluding carboxylic acids is 8. The zero-order chi connectivity index (χ0) is 56.3. The van der Waals surface area contributed by atoms with Crippen LogP contribution in [0.15, 0.2) is 83.8 Å². The number of aldehydes is 2. The van der Waals surface area contributed by atoms with Crippen molar-refractivity contribution in [2.75, 3.05) is 61.0 Å². The summed E-state index contributed by atoms with van der Waals surface area (Å²) in [6.45, 7) is 10.5. The molecular formula is C55H68Cl2N10O10. The van der Waals surface area contributed by atoms with Gasteiger partial charge in [-0.15, -0.1) is 0 Å². The Morgan fingerprint density at radius 3 is 2.25 bits per heavy atom. The Balaban J connectivity index is 0.00000111. The smallest absolute Gasteiger partial charge is 0.279 e. The van der Waals surface area contributed by atoms with Gasteiger partial charge in [-0.05, 0) is 95.0 Å². The summed E-state index contributed by atoms with van der Waals surface area (Å²) in [5.41, 5.74) is 1.78. The summed E-state index contributed by atoms with van der Waals surface area (Å²) in [4.78, 5) is 117. The van der Waals surface area contributed by atoms with Crippen molar-refractivity contribution >= 4 is 71.2 Å². The number of hydrogen-bond donors (Lipinski definition) is 3. The molecule has 5 heterocycles. The first-order valence-electron chi connectivity index (χ1n) is 25.5. The molecule has 4 aromatic rings. The van der Waals surface area contributed by atoms with Crippen LogP contribution in [-0.2, 0) is 25.7 Å². The van der Waals surface area contributed by atoms with E-state index in [0.29, 0.717) is 41.8 Å². The van der Waals surface area contributed by atoms with E-state index >= 15 is 0 Å². The highest BCUT2D eigenvalue weighted by atomic mass is 35.5. The molecule has 7 rings (SSSR count). The molecule has 0 bridgehead atoms. The number of hydrogen-bond acceptors (Lipinski definition) is 14. The lowest BCUT2D eigenvalue weighted by Crippen LogP contribution is -2.48. The molecular weight excluding hydrogens is 1030 g/mol. The predicted molar refractivity (Wildman–Crippen MR) is 292 cm³/mol.